The molecule has 0 aliphatic carbocycles. The van der Waals surface area contributed by atoms with Crippen molar-refractivity contribution in [3.8, 4) is 11.5 Å². The molecule has 1 fully saturated rings. The minimum Gasteiger partial charge on any atom is -0.497 e. The Hall–Kier alpha value is -2.73. The number of nitrogens with zero attached hydrogens (tertiary/aromatic N) is 1. The summed E-state index contributed by atoms with van der Waals surface area (Å²) in [5.74, 6) is 1.85. The molecule has 29 heavy (non-hydrogen) atoms. The molecule has 1 amide bonds. The molecule has 6 heteroatoms. The number of methoxy groups -OCH3 is 2. The van der Waals surface area contributed by atoms with Gasteiger partial charge in [0.05, 0.1) is 40.4 Å². The van der Waals surface area contributed by atoms with Gasteiger partial charge in [0.15, 0.2) is 6.04 Å². The molecule has 1 saturated heterocycles. The Morgan fingerprint density at radius 1 is 1.00 bits per heavy atom. The summed E-state index contributed by atoms with van der Waals surface area (Å²) in [6, 6.07) is 16.1. The van der Waals surface area contributed by atoms with Gasteiger partial charge in [-0.2, -0.15) is 0 Å². The van der Waals surface area contributed by atoms with Crippen LogP contribution in [0.4, 0.5) is 5.69 Å². The number of amides is 1. The predicted octanol–water partition coefficient (Wildman–Crippen LogP) is 1.16. The third-order valence-electron chi connectivity index (χ3n) is 5.72. The maximum atomic E-state index is 12.6. The van der Waals surface area contributed by atoms with Gasteiger partial charge in [-0.25, -0.2) is 0 Å². The van der Waals surface area contributed by atoms with Gasteiger partial charge in [-0.15, -0.1) is 0 Å². The lowest BCUT2D eigenvalue weighted by atomic mass is 10.1. The molecular formula is C23H32N3O3+. The van der Waals surface area contributed by atoms with E-state index >= 15 is 0 Å². The maximum absolute atomic E-state index is 12.6. The average molecular weight is 399 g/mol. The number of hydrogen-bond acceptors (Lipinski definition) is 4. The molecule has 2 aromatic carbocycles. The molecule has 0 spiro atoms. The van der Waals surface area contributed by atoms with E-state index in [0.717, 1.165) is 44.1 Å². The molecule has 0 radical (unpaired) electrons. The summed E-state index contributed by atoms with van der Waals surface area (Å²) in [4.78, 5) is 16.3. The number of nitrogens with one attached hydrogen (secondary N) is 2. The van der Waals surface area contributed by atoms with Crippen LogP contribution < -0.4 is 24.6 Å². The zero-order valence-corrected chi connectivity index (χ0v) is 17.6. The van der Waals surface area contributed by atoms with E-state index in [1.807, 2.05) is 43.3 Å². The highest BCUT2D eigenvalue weighted by Gasteiger charge is 2.29. The molecule has 3 rings (SSSR count). The first-order valence-corrected chi connectivity index (χ1v) is 10.2. The summed E-state index contributed by atoms with van der Waals surface area (Å²) >= 11 is 0. The highest BCUT2D eigenvalue weighted by atomic mass is 16.5. The molecule has 0 aromatic heterocycles. The second-order valence-corrected chi connectivity index (χ2v) is 7.45. The summed E-state index contributed by atoms with van der Waals surface area (Å²) in [5.41, 5.74) is 2.40. The van der Waals surface area contributed by atoms with Crippen LogP contribution in [0.1, 0.15) is 12.5 Å². The molecule has 0 saturated carbocycles. The molecule has 2 aromatic rings. The number of piperazine rings is 1. The fourth-order valence-corrected chi connectivity index (χ4v) is 3.74. The topological polar surface area (TPSA) is 55.2 Å². The Balaban J connectivity index is 1.41. The van der Waals surface area contributed by atoms with Crippen LogP contribution in [0.5, 0.6) is 11.5 Å². The fraction of sp³-hybridized carbons (Fsp3) is 0.435. The number of rotatable bonds is 8. The molecule has 0 unspecified atom stereocenters. The Morgan fingerprint density at radius 3 is 2.10 bits per heavy atom. The van der Waals surface area contributed by atoms with Crippen LogP contribution in [0.3, 0.4) is 0 Å². The van der Waals surface area contributed by atoms with Gasteiger partial charge >= 0.3 is 0 Å². The minimum atomic E-state index is -0.0381. The zero-order valence-electron chi connectivity index (χ0n) is 17.6. The van der Waals surface area contributed by atoms with Gasteiger partial charge in [-0.1, -0.05) is 12.1 Å². The van der Waals surface area contributed by atoms with E-state index in [1.165, 1.54) is 16.2 Å². The second kappa shape index (κ2) is 10.2. The third kappa shape index (κ3) is 5.64. The quantitative estimate of drug-likeness (QED) is 0.701. The van der Waals surface area contributed by atoms with Crippen LogP contribution in [-0.4, -0.2) is 58.9 Å². The van der Waals surface area contributed by atoms with Crippen molar-refractivity contribution < 1.29 is 19.2 Å². The van der Waals surface area contributed by atoms with Crippen LogP contribution in [0.25, 0.3) is 0 Å². The van der Waals surface area contributed by atoms with Crippen molar-refractivity contribution in [3.63, 3.8) is 0 Å². The van der Waals surface area contributed by atoms with Crippen LogP contribution >= 0.6 is 0 Å². The number of hydrogen-bond donors (Lipinski definition) is 2. The van der Waals surface area contributed by atoms with Gasteiger partial charge in [0, 0.05) is 12.2 Å². The average Bonchev–Trinajstić information content (AvgIpc) is 2.79. The Kier molecular flexibility index (Phi) is 7.36. The number of benzene rings is 2. The van der Waals surface area contributed by atoms with Crippen LogP contribution in [-0.2, 0) is 11.2 Å². The Morgan fingerprint density at radius 2 is 1.55 bits per heavy atom. The van der Waals surface area contributed by atoms with Crippen molar-refractivity contribution in [2.45, 2.75) is 19.4 Å². The van der Waals surface area contributed by atoms with Gasteiger partial charge < -0.3 is 24.6 Å². The molecule has 1 heterocycles. The van der Waals surface area contributed by atoms with Crippen molar-refractivity contribution in [2.75, 3.05) is 51.8 Å². The molecule has 0 bridgehead atoms. The van der Waals surface area contributed by atoms with Crippen LogP contribution in [0.2, 0.25) is 0 Å². The highest BCUT2D eigenvalue weighted by Crippen LogP contribution is 2.19. The van der Waals surface area contributed by atoms with E-state index in [4.69, 9.17) is 9.47 Å². The molecule has 156 valence electrons. The van der Waals surface area contributed by atoms with Gasteiger partial charge in [0.25, 0.3) is 5.91 Å². The zero-order chi connectivity index (χ0) is 20.6. The van der Waals surface area contributed by atoms with Crippen molar-refractivity contribution in [3.05, 3.63) is 54.1 Å². The minimum absolute atomic E-state index is 0.0381. The first kappa shape index (κ1) is 21.0. The molecular weight excluding hydrogens is 366 g/mol. The lowest BCUT2D eigenvalue weighted by molar-refractivity contribution is -0.914. The van der Waals surface area contributed by atoms with Crippen molar-refractivity contribution in [1.29, 1.82) is 0 Å². The van der Waals surface area contributed by atoms with Crippen molar-refractivity contribution in [1.82, 2.24) is 5.32 Å². The first-order chi connectivity index (χ1) is 14.1. The van der Waals surface area contributed by atoms with Crippen molar-refractivity contribution >= 4 is 11.6 Å². The summed E-state index contributed by atoms with van der Waals surface area (Å²) in [6.45, 7) is 6.50. The summed E-state index contributed by atoms with van der Waals surface area (Å²) < 4.78 is 10.4. The van der Waals surface area contributed by atoms with Crippen LogP contribution in [0.15, 0.2) is 48.5 Å². The number of ether oxygens (including phenoxy) is 2. The largest absolute Gasteiger partial charge is 0.497 e. The summed E-state index contributed by atoms with van der Waals surface area (Å²) in [6.07, 6.45) is 0.822. The monoisotopic (exact) mass is 398 g/mol. The van der Waals surface area contributed by atoms with E-state index in [0.29, 0.717) is 6.54 Å². The molecule has 1 aliphatic rings. The van der Waals surface area contributed by atoms with Gasteiger partial charge in [-0.05, 0) is 55.3 Å². The van der Waals surface area contributed by atoms with Gasteiger partial charge in [-0.3, -0.25) is 4.79 Å². The molecule has 1 aliphatic heterocycles. The van der Waals surface area contributed by atoms with E-state index in [1.54, 1.807) is 14.2 Å². The van der Waals surface area contributed by atoms with Gasteiger partial charge in [0.2, 0.25) is 0 Å². The van der Waals surface area contributed by atoms with Crippen LogP contribution in [0, 0.1) is 0 Å². The lowest BCUT2D eigenvalue weighted by Crippen LogP contribution is -3.19. The van der Waals surface area contributed by atoms with Gasteiger partial charge in [0.1, 0.15) is 11.5 Å². The molecule has 2 N–H and O–H groups in total. The smallest absolute Gasteiger partial charge is 0.278 e. The predicted molar refractivity (Wildman–Crippen MR) is 115 cm³/mol. The Labute approximate surface area is 173 Å². The van der Waals surface area contributed by atoms with E-state index in [-0.39, 0.29) is 11.9 Å². The number of anilines is 1. The fourth-order valence-electron chi connectivity index (χ4n) is 3.74. The Bertz CT molecular complexity index is 769. The molecule has 1 atom stereocenters. The first-order valence-electron chi connectivity index (χ1n) is 10.2. The maximum Gasteiger partial charge on any atom is 0.278 e. The van der Waals surface area contributed by atoms with E-state index in [9.17, 15) is 4.79 Å². The highest BCUT2D eigenvalue weighted by molar-refractivity contribution is 5.79. The number of carbonyl (C=O) groups excluding carboxylic acids is 1. The normalized spacial score (nSPS) is 15.6. The van der Waals surface area contributed by atoms with Crippen molar-refractivity contribution in [2.24, 2.45) is 0 Å². The number of carbonyl (C=O) groups is 1. The number of quaternary nitrogens is 1. The summed E-state index contributed by atoms with van der Waals surface area (Å²) in [7, 11) is 3.34. The second-order valence-electron chi connectivity index (χ2n) is 7.45. The van der Waals surface area contributed by atoms with E-state index in [2.05, 4.69) is 22.3 Å². The standard InChI is InChI=1S/C23H31N3O3/c1-18(23(27)24-13-12-19-4-8-21(28-2)9-5-19)25-14-16-26(17-15-25)20-6-10-22(29-3)11-7-20/h4-11,18H,12-17H2,1-3H3,(H,24,27)/p+1/t18-/m1/s1. The molecule has 6 nitrogen and oxygen atoms in total. The SMILES string of the molecule is COc1ccc(CCNC(=O)[C@@H](C)[NH+]2CCN(c3ccc(OC)cc3)CC2)cc1. The third-order valence-corrected chi connectivity index (χ3v) is 5.72. The lowest BCUT2D eigenvalue weighted by Gasteiger charge is -2.36. The van der Waals surface area contributed by atoms with E-state index < -0.39 is 0 Å². The summed E-state index contributed by atoms with van der Waals surface area (Å²) in [5, 5.41) is 3.09.